The van der Waals surface area contributed by atoms with Crippen molar-refractivity contribution in [1.29, 1.82) is 0 Å². The molecule has 3 atom stereocenters. The monoisotopic (exact) mass is 376 g/mol. The Morgan fingerprint density at radius 2 is 2.07 bits per heavy atom. The van der Waals surface area contributed by atoms with Crippen LogP contribution in [0.4, 0.5) is 5.82 Å². The molecule has 2 fully saturated rings. The van der Waals surface area contributed by atoms with Crippen LogP contribution in [0.2, 0.25) is 0 Å². The highest BCUT2D eigenvalue weighted by atomic mass is 16.5. The number of ether oxygens (including phenoxy) is 2. The fourth-order valence-corrected chi connectivity index (χ4v) is 3.89. The molecule has 0 unspecified atom stereocenters. The van der Waals surface area contributed by atoms with Gasteiger partial charge in [0.25, 0.3) is 0 Å². The van der Waals surface area contributed by atoms with Gasteiger partial charge in [-0.15, -0.1) is 0 Å². The second-order valence-electron chi connectivity index (χ2n) is 7.61. The van der Waals surface area contributed by atoms with Crippen molar-refractivity contribution >= 4 is 11.7 Å². The SMILES string of the molecule is CCCO[C@@H]1CC[C@H](C(=O)NC2CCOCC2)C[C@H]1Nc1cc(C)ncn1. The van der Waals surface area contributed by atoms with E-state index in [-0.39, 0.29) is 30.0 Å². The van der Waals surface area contributed by atoms with Crippen LogP contribution in [0.25, 0.3) is 0 Å². The molecule has 3 rings (SSSR count). The smallest absolute Gasteiger partial charge is 0.223 e. The summed E-state index contributed by atoms with van der Waals surface area (Å²) in [5.74, 6) is 0.972. The average molecular weight is 377 g/mol. The zero-order valence-electron chi connectivity index (χ0n) is 16.4. The second kappa shape index (κ2) is 9.99. The van der Waals surface area contributed by atoms with Gasteiger partial charge in [-0.2, -0.15) is 0 Å². The quantitative estimate of drug-likeness (QED) is 0.760. The van der Waals surface area contributed by atoms with Gasteiger partial charge in [-0.3, -0.25) is 4.79 Å². The summed E-state index contributed by atoms with van der Waals surface area (Å²) in [5.41, 5.74) is 0.920. The number of hydrogen-bond donors (Lipinski definition) is 2. The molecule has 2 N–H and O–H groups in total. The molecule has 1 aromatic heterocycles. The number of rotatable bonds is 7. The Kier molecular flexibility index (Phi) is 7.41. The molecule has 2 heterocycles. The van der Waals surface area contributed by atoms with Crippen molar-refractivity contribution in [2.75, 3.05) is 25.1 Å². The standard InChI is InChI=1S/C20H32N4O3/c1-3-8-27-18-5-4-15(20(25)23-16-6-9-26-10-7-16)12-17(18)24-19-11-14(2)21-13-22-19/h11,13,15-18H,3-10,12H2,1-2H3,(H,23,25)(H,21,22,24)/t15-,17+,18+/m0/s1. The molecule has 0 bridgehead atoms. The van der Waals surface area contributed by atoms with Gasteiger partial charge < -0.3 is 20.1 Å². The lowest BCUT2D eigenvalue weighted by Crippen LogP contribution is -2.48. The number of aromatic nitrogens is 2. The molecule has 1 saturated carbocycles. The number of hydrogen-bond acceptors (Lipinski definition) is 6. The molecule has 1 aliphatic heterocycles. The highest BCUT2D eigenvalue weighted by molar-refractivity contribution is 5.79. The molecule has 2 aliphatic rings. The molecule has 7 nitrogen and oxygen atoms in total. The van der Waals surface area contributed by atoms with Crippen molar-refractivity contribution < 1.29 is 14.3 Å². The van der Waals surface area contributed by atoms with Crippen molar-refractivity contribution in [3.63, 3.8) is 0 Å². The van der Waals surface area contributed by atoms with Gasteiger partial charge in [0.05, 0.1) is 12.1 Å². The Hall–Kier alpha value is -1.73. The van der Waals surface area contributed by atoms with Crippen LogP contribution >= 0.6 is 0 Å². The van der Waals surface area contributed by atoms with Crippen LogP contribution in [0.15, 0.2) is 12.4 Å². The molecule has 0 aromatic carbocycles. The van der Waals surface area contributed by atoms with Crippen molar-refractivity contribution in [1.82, 2.24) is 15.3 Å². The van der Waals surface area contributed by atoms with E-state index in [9.17, 15) is 4.79 Å². The number of carbonyl (C=O) groups is 1. The first-order valence-corrected chi connectivity index (χ1v) is 10.2. The molecule has 1 aromatic rings. The van der Waals surface area contributed by atoms with E-state index in [0.717, 1.165) is 69.9 Å². The number of amides is 1. The van der Waals surface area contributed by atoms with Crippen LogP contribution in [-0.4, -0.2) is 53.9 Å². The predicted molar refractivity (Wildman–Crippen MR) is 104 cm³/mol. The molecule has 0 radical (unpaired) electrons. The molecule has 7 heteroatoms. The van der Waals surface area contributed by atoms with E-state index in [0.29, 0.717) is 0 Å². The van der Waals surface area contributed by atoms with Gasteiger partial charge in [0.15, 0.2) is 0 Å². The number of anilines is 1. The third-order valence-corrected chi connectivity index (χ3v) is 5.40. The van der Waals surface area contributed by atoms with Crippen LogP contribution in [0, 0.1) is 12.8 Å². The zero-order valence-corrected chi connectivity index (χ0v) is 16.4. The van der Waals surface area contributed by atoms with Gasteiger partial charge in [0.2, 0.25) is 5.91 Å². The largest absolute Gasteiger partial charge is 0.381 e. The van der Waals surface area contributed by atoms with Gasteiger partial charge in [-0.1, -0.05) is 6.92 Å². The molecular weight excluding hydrogens is 344 g/mol. The van der Waals surface area contributed by atoms with Crippen LogP contribution in [0.3, 0.4) is 0 Å². The lowest BCUT2D eigenvalue weighted by atomic mass is 9.82. The van der Waals surface area contributed by atoms with Crippen LogP contribution < -0.4 is 10.6 Å². The third-order valence-electron chi connectivity index (χ3n) is 5.40. The first-order chi connectivity index (χ1) is 13.2. The third kappa shape index (κ3) is 5.87. The Balaban J connectivity index is 1.62. The number of nitrogens with zero attached hydrogens (tertiary/aromatic N) is 2. The van der Waals surface area contributed by atoms with Crippen molar-refractivity contribution in [3.8, 4) is 0 Å². The fourth-order valence-electron chi connectivity index (χ4n) is 3.89. The van der Waals surface area contributed by atoms with Gasteiger partial charge >= 0.3 is 0 Å². The molecule has 1 aliphatic carbocycles. The lowest BCUT2D eigenvalue weighted by Gasteiger charge is -2.37. The summed E-state index contributed by atoms with van der Waals surface area (Å²) >= 11 is 0. The highest BCUT2D eigenvalue weighted by Crippen LogP contribution is 2.29. The van der Waals surface area contributed by atoms with E-state index in [1.165, 1.54) is 0 Å². The first-order valence-electron chi connectivity index (χ1n) is 10.2. The minimum Gasteiger partial charge on any atom is -0.381 e. The molecule has 1 amide bonds. The minimum atomic E-state index is 0.00903. The predicted octanol–water partition coefficient (Wildman–Crippen LogP) is 2.46. The van der Waals surface area contributed by atoms with E-state index in [4.69, 9.17) is 9.47 Å². The average Bonchev–Trinajstić information content (AvgIpc) is 2.68. The summed E-state index contributed by atoms with van der Waals surface area (Å²) in [6, 6.07) is 2.25. The van der Waals surface area contributed by atoms with Crippen LogP contribution in [0.5, 0.6) is 0 Å². The summed E-state index contributed by atoms with van der Waals surface area (Å²) < 4.78 is 11.5. The summed E-state index contributed by atoms with van der Waals surface area (Å²) in [4.78, 5) is 21.3. The van der Waals surface area contributed by atoms with Gasteiger partial charge in [-0.25, -0.2) is 9.97 Å². The topological polar surface area (TPSA) is 85.4 Å². The Labute approximate surface area is 161 Å². The molecule has 27 heavy (non-hydrogen) atoms. The van der Waals surface area contributed by atoms with E-state index in [2.05, 4.69) is 27.5 Å². The maximum atomic E-state index is 12.8. The summed E-state index contributed by atoms with van der Waals surface area (Å²) in [6.07, 6.45) is 6.98. The number of nitrogens with one attached hydrogen (secondary N) is 2. The van der Waals surface area contributed by atoms with Gasteiger partial charge in [-0.05, 0) is 45.4 Å². The van der Waals surface area contributed by atoms with Crippen molar-refractivity contribution in [3.05, 3.63) is 18.1 Å². The minimum absolute atomic E-state index is 0.00903. The van der Waals surface area contributed by atoms with E-state index in [1.807, 2.05) is 13.0 Å². The molecular formula is C20H32N4O3. The Morgan fingerprint density at radius 1 is 1.26 bits per heavy atom. The maximum absolute atomic E-state index is 12.8. The van der Waals surface area contributed by atoms with Crippen LogP contribution in [-0.2, 0) is 14.3 Å². The van der Waals surface area contributed by atoms with E-state index in [1.54, 1.807) is 6.33 Å². The maximum Gasteiger partial charge on any atom is 0.223 e. The molecule has 0 spiro atoms. The van der Waals surface area contributed by atoms with Gasteiger partial charge in [0, 0.05) is 43.5 Å². The first kappa shape index (κ1) is 20.0. The normalized spacial score (nSPS) is 26.5. The van der Waals surface area contributed by atoms with E-state index < -0.39 is 0 Å². The molecule has 1 saturated heterocycles. The number of carbonyl (C=O) groups excluding carboxylic acids is 1. The fraction of sp³-hybridized carbons (Fsp3) is 0.750. The number of aryl methyl sites for hydroxylation is 1. The molecule has 150 valence electrons. The Morgan fingerprint density at radius 3 is 2.81 bits per heavy atom. The Bertz CT molecular complexity index is 607. The summed E-state index contributed by atoms with van der Waals surface area (Å²) in [7, 11) is 0. The zero-order chi connectivity index (χ0) is 19.1. The van der Waals surface area contributed by atoms with Crippen LogP contribution in [0.1, 0.15) is 51.1 Å². The van der Waals surface area contributed by atoms with Gasteiger partial charge in [0.1, 0.15) is 12.1 Å². The van der Waals surface area contributed by atoms with Crippen molar-refractivity contribution in [2.24, 2.45) is 5.92 Å². The summed E-state index contributed by atoms with van der Waals surface area (Å²) in [6.45, 7) is 6.27. The summed E-state index contributed by atoms with van der Waals surface area (Å²) in [5, 5.41) is 6.72. The van der Waals surface area contributed by atoms with E-state index >= 15 is 0 Å². The van der Waals surface area contributed by atoms with Crippen molar-refractivity contribution in [2.45, 2.75) is 70.6 Å². The highest BCUT2D eigenvalue weighted by Gasteiger charge is 2.35. The second-order valence-corrected chi connectivity index (χ2v) is 7.61. The lowest BCUT2D eigenvalue weighted by molar-refractivity contribution is -0.128.